The van der Waals surface area contributed by atoms with Crippen molar-refractivity contribution < 1.29 is 23.8 Å². The van der Waals surface area contributed by atoms with Crippen LogP contribution in [0.1, 0.15) is 17.3 Å². The minimum absolute atomic E-state index is 0.266. The second kappa shape index (κ2) is 9.15. The van der Waals surface area contributed by atoms with Gasteiger partial charge in [0.1, 0.15) is 17.1 Å². The maximum absolute atomic E-state index is 12.4. The number of ether oxygens (including phenoxy) is 3. The lowest BCUT2D eigenvalue weighted by atomic mass is 10.2. The molecule has 2 aromatic carbocycles. The molecule has 0 radical (unpaired) electrons. The second-order valence-corrected chi connectivity index (χ2v) is 6.18. The Hall–Kier alpha value is -2.67. The maximum atomic E-state index is 12.4. The van der Waals surface area contributed by atoms with E-state index in [-0.39, 0.29) is 5.56 Å². The number of hydrogen-bond acceptors (Lipinski definition) is 6. The highest BCUT2D eigenvalue weighted by Crippen LogP contribution is 2.27. The Balaban J connectivity index is 2.08. The quantitative estimate of drug-likeness (QED) is 0.589. The highest BCUT2D eigenvalue weighted by molar-refractivity contribution is 7.98. The Morgan fingerprint density at radius 2 is 1.73 bits per heavy atom. The molecule has 1 atom stereocenters. The molecule has 6 nitrogen and oxygen atoms in total. The van der Waals surface area contributed by atoms with Crippen molar-refractivity contribution in [3.05, 3.63) is 48.0 Å². The lowest BCUT2D eigenvalue weighted by molar-refractivity contribution is -0.123. The van der Waals surface area contributed by atoms with Gasteiger partial charge in [-0.1, -0.05) is 12.1 Å². The number of amides is 1. The fourth-order valence-corrected chi connectivity index (χ4v) is 2.66. The summed E-state index contributed by atoms with van der Waals surface area (Å²) in [6, 6.07) is 12.2. The van der Waals surface area contributed by atoms with E-state index in [1.165, 1.54) is 32.9 Å². The van der Waals surface area contributed by atoms with Crippen LogP contribution in [0.5, 0.6) is 11.5 Å². The van der Waals surface area contributed by atoms with Crippen LogP contribution in [0.3, 0.4) is 0 Å². The number of carbonyl (C=O) groups is 2. The van der Waals surface area contributed by atoms with Gasteiger partial charge in [0.2, 0.25) is 0 Å². The summed E-state index contributed by atoms with van der Waals surface area (Å²) in [5.41, 5.74) is 0.770. The van der Waals surface area contributed by atoms with Gasteiger partial charge >= 0.3 is 5.97 Å². The van der Waals surface area contributed by atoms with E-state index in [2.05, 4.69) is 5.32 Å². The summed E-state index contributed by atoms with van der Waals surface area (Å²) in [5.74, 6) is -0.160. The summed E-state index contributed by atoms with van der Waals surface area (Å²) in [6.45, 7) is 1.51. The number of esters is 1. The molecule has 0 aliphatic heterocycles. The summed E-state index contributed by atoms with van der Waals surface area (Å²) >= 11 is 1.53. The SMILES string of the molecule is COc1ccccc1NC(=O)[C@@H](C)OC(=O)c1ccc(SC)cc1OC. The fraction of sp³-hybridized carbons (Fsp3) is 0.263. The molecule has 2 aromatic rings. The number of rotatable bonds is 7. The topological polar surface area (TPSA) is 73.9 Å². The molecular weight excluding hydrogens is 354 g/mol. The fourth-order valence-electron chi connectivity index (χ4n) is 2.23. The highest BCUT2D eigenvalue weighted by Gasteiger charge is 2.22. The summed E-state index contributed by atoms with van der Waals surface area (Å²) in [6.07, 6.45) is 0.939. The van der Waals surface area contributed by atoms with Gasteiger partial charge in [0.05, 0.1) is 19.9 Å². The second-order valence-electron chi connectivity index (χ2n) is 5.30. The van der Waals surface area contributed by atoms with E-state index in [1.807, 2.05) is 6.26 Å². The third-order valence-electron chi connectivity index (χ3n) is 3.65. The van der Waals surface area contributed by atoms with Crippen LogP contribution < -0.4 is 14.8 Å². The predicted octanol–water partition coefficient (Wildman–Crippen LogP) is 3.61. The molecular formula is C19H21NO5S. The minimum atomic E-state index is -0.989. The number of thioether (sulfide) groups is 1. The first-order chi connectivity index (χ1) is 12.5. The van der Waals surface area contributed by atoms with Crippen LogP contribution in [0.4, 0.5) is 5.69 Å². The largest absolute Gasteiger partial charge is 0.496 e. The zero-order chi connectivity index (χ0) is 19.1. The maximum Gasteiger partial charge on any atom is 0.342 e. The van der Waals surface area contributed by atoms with E-state index in [1.54, 1.807) is 42.5 Å². The van der Waals surface area contributed by atoms with Crippen molar-refractivity contribution >= 4 is 29.3 Å². The van der Waals surface area contributed by atoms with E-state index in [9.17, 15) is 9.59 Å². The molecule has 1 amide bonds. The van der Waals surface area contributed by atoms with E-state index in [0.29, 0.717) is 17.2 Å². The standard InChI is InChI=1S/C19H21NO5S/c1-12(18(21)20-15-7-5-6-8-16(15)23-2)25-19(22)14-10-9-13(26-4)11-17(14)24-3/h5-12H,1-4H3,(H,20,21)/t12-/m1/s1. The first kappa shape index (κ1) is 19.7. The van der Waals surface area contributed by atoms with Gasteiger partial charge in [0.15, 0.2) is 6.10 Å². The number of hydrogen-bond donors (Lipinski definition) is 1. The molecule has 0 unspecified atom stereocenters. The summed E-state index contributed by atoms with van der Waals surface area (Å²) < 4.78 is 15.7. The Bertz CT molecular complexity index is 793. The summed E-state index contributed by atoms with van der Waals surface area (Å²) in [4.78, 5) is 25.7. The molecule has 7 heteroatoms. The van der Waals surface area contributed by atoms with E-state index in [4.69, 9.17) is 14.2 Å². The first-order valence-corrected chi connectivity index (χ1v) is 9.09. The van der Waals surface area contributed by atoms with Crippen LogP contribution in [0, 0.1) is 0 Å². The van der Waals surface area contributed by atoms with Gasteiger partial charge in [-0.15, -0.1) is 11.8 Å². The van der Waals surface area contributed by atoms with Crippen LogP contribution in [-0.4, -0.2) is 38.5 Å². The number of anilines is 1. The molecule has 0 fully saturated rings. The Morgan fingerprint density at radius 3 is 2.38 bits per heavy atom. The van der Waals surface area contributed by atoms with Crippen LogP contribution in [0.25, 0.3) is 0 Å². The normalized spacial score (nSPS) is 11.4. The molecule has 0 saturated heterocycles. The van der Waals surface area contributed by atoms with Gasteiger partial charge in [0.25, 0.3) is 5.91 Å². The third-order valence-corrected chi connectivity index (χ3v) is 4.37. The lowest BCUT2D eigenvalue weighted by Crippen LogP contribution is -2.30. The van der Waals surface area contributed by atoms with Crippen molar-refractivity contribution in [2.75, 3.05) is 25.8 Å². The summed E-state index contributed by atoms with van der Waals surface area (Å²) in [7, 11) is 2.99. The molecule has 0 aromatic heterocycles. The van der Waals surface area contributed by atoms with Gasteiger partial charge in [0, 0.05) is 4.90 Å². The van der Waals surface area contributed by atoms with Crippen molar-refractivity contribution in [3.63, 3.8) is 0 Å². The third kappa shape index (κ3) is 4.70. The van der Waals surface area contributed by atoms with Gasteiger partial charge in [-0.25, -0.2) is 4.79 Å². The Morgan fingerprint density at radius 1 is 1.04 bits per heavy atom. The number of para-hydroxylation sites is 2. The molecule has 0 bridgehead atoms. The number of carbonyl (C=O) groups excluding carboxylic acids is 2. The molecule has 2 rings (SSSR count). The van der Waals surface area contributed by atoms with Crippen LogP contribution in [0.15, 0.2) is 47.4 Å². The van der Waals surface area contributed by atoms with Crippen LogP contribution in [-0.2, 0) is 9.53 Å². The van der Waals surface area contributed by atoms with Gasteiger partial charge in [-0.3, -0.25) is 4.79 Å². The van der Waals surface area contributed by atoms with E-state index >= 15 is 0 Å². The minimum Gasteiger partial charge on any atom is -0.496 e. The van der Waals surface area contributed by atoms with Crippen molar-refractivity contribution in [1.82, 2.24) is 0 Å². The molecule has 0 aliphatic carbocycles. The van der Waals surface area contributed by atoms with Crippen molar-refractivity contribution in [2.45, 2.75) is 17.9 Å². The predicted molar refractivity (Wildman–Crippen MR) is 101 cm³/mol. The van der Waals surface area contributed by atoms with Gasteiger partial charge in [-0.2, -0.15) is 0 Å². The van der Waals surface area contributed by atoms with Crippen LogP contribution >= 0.6 is 11.8 Å². The smallest absolute Gasteiger partial charge is 0.342 e. The summed E-state index contributed by atoms with van der Waals surface area (Å²) in [5, 5.41) is 2.69. The number of methoxy groups -OCH3 is 2. The zero-order valence-electron chi connectivity index (χ0n) is 15.1. The molecule has 0 aliphatic rings. The number of benzene rings is 2. The van der Waals surface area contributed by atoms with Gasteiger partial charge in [-0.05, 0) is 43.5 Å². The zero-order valence-corrected chi connectivity index (χ0v) is 15.9. The van der Waals surface area contributed by atoms with E-state index < -0.39 is 18.0 Å². The number of nitrogens with one attached hydrogen (secondary N) is 1. The molecule has 1 N–H and O–H groups in total. The molecule has 0 saturated carbocycles. The monoisotopic (exact) mass is 375 g/mol. The first-order valence-electron chi connectivity index (χ1n) is 7.87. The highest BCUT2D eigenvalue weighted by atomic mass is 32.2. The van der Waals surface area contributed by atoms with Crippen LogP contribution in [0.2, 0.25) is 0 Å². The average molecular weight is 375 g/mol. The Labute approximate surface area is 156 Å². The van der Waals surface area contributed by atoms with Crippen molar-refractivity contribution in [1.29, 1.82) is 0 Å². The molecule has 26 heavy (non-hydrogen) atoms. The molecule has 0 spiro atoms. The molecule has 138 valence electrons. The average Bonchev–Trinajstić information content (AvgIpc) is 2.67. The molecule has 0 heterocycles. The lowest BCUT2D eigenvalue weighted by Gasteiger charge is -2.16. The van der Waals surface area contributed by atoms with Crippen molar-refractivity contribution in [2.24, 2.45) is 0 Å². The Kier molecular flexibility index (Phi) is 6.91. The van der Waals surface area contributed by atoms with E-state index in [0.717, 1.165) is 4.90 Å². The van der Waals surface area contributed by atoms with Gasteiger partial charge < -0.3 is 19.5 Å². The van der Waals surface area contributed by atoms with Crippen molar-refractivity contribution in [3.8, 4) is 11.5 Å².